The maximum atomic E-state index is 11.7. The number of benzene rings is 3. The summed E-state index contributed by atoms with van der Waals surface area (Å²) in [6, 6.07) is 21.2. The van der Waals surface area contributed by atoms with Crippen molar-refractivity contribution in [3.8, 4) is 11.3 Å². The van der Waals surface area contributed by atoms with Gasteiger partial charge in [-0.15, -0.1) is 40.1 Å². The zero-order chi connectivity index (χ0) is 37.1. The summed E-state index contributed by atoms with van der Waals surface area (Å²) in [6.07, 6.45) is 10.7. The molecular formula is C44H57IrN2O2SSi-. The van der Waals surface area contributed by atoms with Crippen molar-refractivity contribution in [3.63, 3.8) is 0 Å². The Labute approximate surface area is 326 Å². The van der Waals surface area contributed by atoms with E-state index in [9.17, 15) is 11.3 Å². The molecule has 0 amide bonds. The average Bonchev–Trinajstić information content (AvgIpc) is 3.48. The molecule has 1 saturated carbocycles. The molecule has 1 radical (unpaired) electrons. The normalized spacial score (nSPS) is 16.2. The second-order valence-corrected chi connectivity index (χ2v) is 22.0. The van der Waals surface area contributed by atoms with Crippen LogP contribution in [0.5, 0.6) is 0 Å². The third-order valence-electron chi connectivity index (χ3n) is 10.8. The van der Waals surface area contributed by atoms with Crippen LogP contribution in [0.3, 0.4) is 0 Å². The summed E-state index contributed by atoms with van der Waals surface area (Å²) in [5.74, 6) is 0.0540. The molecule has 0 aliphatic heterocycles. The van der Waals surface area contributed by atoms with Crippen LogP contribution >= 0.6 is 11.3 Å². The number of hydrogen-bond acceptors (Lipinski definition) is 5. The van der Waals surface area contributed by atoms with E-state index in [2.05, 4.69) is 88.1 Å². The monoisotopic (exact) mass is 899 g/mol. The minimum Gasteiger partial charge on any atom is -0.512 e. The first-order valence-electron chi connectivity index (χ1n) is 19.2. The zero-order valence-corrected chi connectivity index (χ0v) is 36.3. The van der Waals surface area contributed by atoms with Crippen LogP contribution in [-0.4, -0.2) is 28.9 Å². The molecule has 1 fully saturated rings. The number of thiophene rings is 1. The number of carbonyl (C=O) groups is 1. The Morgan fingerprint density at radius 2 is 1.63 bits per heavy atom. The first kappa shape index (κ1) is 39.5. The van der Waals surface area contributed by atoms with E-state index in [4.69, 9.17) is 9.97 Å². The van der Waals surface area contributed by atoms with Gasteiger partial charge in [-0.2, -0.15) is 0 Å². The van der Waals surface area contributed by atoms with Gasteiger partial charge in [0.2, 0.25) is 0 Å². The van der Waals surface area contributed by atoms with Gasteiger partial charge in [-0.3, -0.25) is 9.78 Å². The molecular weight excluding hydrogens is 841 g/mol. The van der Waals surface area contributed by atoms with E-state index in [1.54, 1.807) is 17.7 Å². The van der Waals surface area contributed by atoms with Crippen LogP contribution < -0.4 is 5.19 Å². The summed E-state index contributed by atoms with van der Waals surface area (Å²) in [7, 11) is -1.59. The number of carbonyl (C=O) groups excluding carboxylic acids is 1. The molecule has 0 unspecified atom stereocenters. The van der Waals surface area contributed by atoms with Crippen molar-refractivity contribution in [1.29, 1.82) is 0 Å². The van der Waals surface area contributed by atoms with Crippen LogP contribution in [-0.2, 0) is 24.9 Å². The van der Waals surface area contributed by atoms with Crippen LogP contribution in [0.4, 0.5) is 0 Å². The molecule has 7 heteroatoms. The van der Waals surface area contributed by atoms with Gasteiger partial charge < -0.3 is 5.11 Å². The van der Waals surface area contributed by atoms with Gasteiger partial charge in [0.1, 0.15) is 6.33 Å². The van der Waals surface area contributed by atoms with Gasteiger partial charge in [0.15, 0.2) is 5.78 Å². The van der Waals surface area contributed by atoms with E-state index in [0.717, 1.165) is 89.2 Å². The SMILES string of the molecule is CCC(CC)C(=O)/C=C(\O)C(CC)CC.[2H]C1(c2ccc3c(c2)sc2c(-c4[c-]c5ccccc5c([Si](C)(C)C)c4)ncnc23)CCC(C)(C)CC1.[Ir]. The number of hydrogen-bond donors (Lipinski definition) is 1. The van der Waals surface area contributed by atoms with Gasteiger partial charge in [-0.05, 0) is 74.3 Å². The van der Waals surface area contributed by atoms with Gasteiger partial charge in [-0.25, -0.2) is 4.98 Å². The van der Waals surface area contributed by atoms with Crippen LogP contribution in [0.2, 0.25) is 19.6 Å². The third-order valence-corrected chi connectivity index (χ3v) is 14.0. The Morgan fingerprint density at radius 3 is 2.25 bits per heavy atom. The maximum absolute atomic E-state index is 11.7. The van der Waals surface area contributed by atoms with E-state index in [0.29, 0.717) is 5.41 Å². The molecule has 1 N–H and O–H groups in total. The molecule has 4 nitrogen and oxygen atoms in total. The summed E-state index contributed by atoms with van der Waals surface area (Å²) in [5.41, 5.74) is 4.52. The molecule has 0 bridgehead atoms. The van der Waals surface area contributed by atoms with Gasteiger partial charge in [0.25, 0.3) is 0 Å². The van der Waals surface area contributed by atoms with Crippen LogP contribution in [0, 0.1) is 23.3 Å². The average molecular weight is 899 g/mol. The Hall–Kier alpha value is -2.70. The largest absolute Gasteiger partial charge is 0.512 e. The zero-order valence-electron chi connectivity index (χ0n) is 33.1. The second-order valence-electron chi connectivity index (χ2n) is 15.9. The van der Waals surface area contributed by atoms with Gasteiger partial charge in [-0.1, -0.05) is 102 Å². The summed E-state index contributed by atoms with van der Waals surface area (Å²) in [4.78, 5) is 21.2. The Bertz CT molecular complexity index is 2030. The van der Waals surface area contributed by atoms with Crippen molar-refractivity contribution < 1.29 is 31.4 Å². The standard InChI is InChI=1S/C31H33N2SSi.C13H24O2.Ir/c1-31(2)14-12-20(13-15-31)21-10-11-25-26(17-21)34-30-28(32-19-33-29(25)30)23-16-22-8-6-7-9-24(22)27(18-23)35(3,4)5;1-5-10(6-2)12(14)9-13(15)11(7-3)8-4;/h6-11,17-20H,12-15H2,1-5H3;9-11,14H,5-8H2,1-4H3;/q-1;;/b;12-9-;/i20D;;. The minimum atomic E-state index is -1.59. The molecule has 5 aromatic rings. The van der Waals surface area contributed by atoms with Crippen LogP contribution in [0.1, 0.15) is 106 Å². The number of fused-ring (bicyclic) bond motifs is 4. The first-order valence-corrected chi connectivity index (χ1v) is 23.0. The molecule has 2 heterocycles. The second kappa shape index (κ2) is 17.4. The number of nitrogens with zero attached hydrogens (tertiary/aromatic N) is 2. The van der Waals surface area contributed by atoms with E-state index >= 15 is 0 Å². The molecule has 2 aromatic heterocycles. The first-order chi connectivity index (χ1) is 24.1. The Kier molecular flexibility index (Phi) is 13.5. The Morgan fingerprint density at radius 1 is 0.980 bits per heavy atom. The van der Waals surface area contributed by atoms with E-state index in [-0.39, 0.29) is 43.5 Å². The minimum absolute atomic E-state index is 0. The van der Waals surface area contributed by atoms with Crippen molar-refractivity contribution >= 4 is 61.5 Å². The maximum Gasteiger partial charge on any atom is 0.162 e. The van der Waals surface area contributed by atoms with E-state index < -0.39 is 14.0 Å². The molecule has 0 spiro atoms. The number of ketones is 1. The summed E-state index contributed by atoms with van der Waals surface area (Å²) >= 11 is 1.76. The van der Waals surface area contributed by atoms with Crippen LogP contribution in [0.25, 0.3) is 42.3 Å². The van der Waals surface area contributed by atoms with Crippen LogP contribution in [0.15, 0.2) is 66.7 Å². The topological polar surface area (TPSA) is 63.1 Å². The predicted molar refractivity (Wildman–Crippen MR) is 219 cm³/mol. The van der Waals surface area contributed by atoms with Gasteiger partial charge in [0, 0.05) is 59.9 Å². The molecule has 1 aliphatic carbocycles. The van der Waals surface area contributed by atoms with Crippen molar-refractivity contribution in [3.05, 3.63) is 78.3 Å². The molecule has 6 rings (SSSR count). The van der Waals surface area contributed by atoms with E-state index in [1.807, 2.05) is 27.7 Å². The Balaban J connectivity index is 0.000000323. The number of allylic oxidation sites excluding steroid dienone is 2. The third kappa shape index (κ3) is 9.46. The van der Waals surface area contributed by atoms with E-state index in [1.165, 1.54) is 21.3 Å². The number of aliphatic hydroxyl groups excluding tert-OH is 1. The summed E-state index contributed by atoms with van der Waals surface area (Å²) < 4.78 is 11.6. The predicted octanol–water partition coefficient (Wildman–Crippen LogP) is 12.6. The smallest absolute Gasteiger partial charge is 0.162 e. The number of aromatic nitrogens is 2. The van der Waals surface area contributed by atoms with Crippen molar-refractivity contribution in [2.75, 3.05) is 0 Å². The fourth-order valence-corrected chi connectivity index (χ4v) is 10.1. The molecule has 1 aliphatic rings. The van der Waals surface area contributed by atoms with Crippen molar-refractivity contribution in [2.24, 2.45) is 17.3 Å². The number of rotatable bonds is 10. The molecule has 0 saturated heterocycles. The molecule has 0 atom stereocenters. The summed E-state index contributed by atoms with van der Waals surface area (Å²) in [5, 5.41) is 14.8. The molecule has 275 valence electrons. The summed E-state index contributed by atoms with van der Waals surface area (Å²) in [6.45, 7) is 19.9. The molecule has 51 heavy (non-hydrogen) atoms. The van der Waals surface area contributed by atoms with Gasteiger partial charge >= 0.3 is 0 Å². The number of aliphatic hydroxyl groups is 1. The van der Waals surface area contributed by atoms with Crippen molar-refractivity contribution in [1.82, 2.24) is 9.97 Å². The quantitative estimate of drug-likeness (QED) is 0.0656. The fourth-order valence-electron chi connectivity index (χ4n) is 7.26. The van der Waals surface area contributed by atoms with Gasteiger partial charge in [0.05, 0.1) is 19.3 Å². The van der Waals surface area contributed by atoms with Crippen molar-refractivity contribution in [2.45, 2.75) is 118 Å². The fraction of sp³-hybridized carbons (Fsp3) is 0.477. The molecule has 3 aromatic carbocycles.